The lowest BCUT2D eigenvalue weighted by atomic mass is 10.3. The minimum atomic E-state index is -1.01. The highest BCUT2D eigenvalue weighted by Crippen LogP contribution is 2.19. The first-order valence-electron chi connectivity index (χ1n) is 8.70. The van der Waals surface area contributed by atoms with Crippen LogP contribution >= 0.6 is 0 Å². The number of benzene rings is 1. The number of aromatic nitrogens is 6. The lowest BCUT2D eigenvalue weighted by Gasteiger charge is -2.08. The number of fused-ring (bicyclic) bond motifs is 1. The average Bonchev–Trinajstić information content (AvgIpc) is 3.36. The van der Waals surface area contributed by atoms with Crippen LogP contribution < -0.4 is 10.6 Å². The molecule has 0 unspecified atom stereocenters. The summed E-state index contributed by atoms with van der Waals surface area (Å²) < 4.78 is 3.66. The van der Waals surface area contributed by atoms with Crippen molar-refractivity contribution in [2.75, 3.05) is 11.9 Å². The van der Waals surface area contributed by atoms with Gasteiger partial charge in [0.2, 0.25) is 5.95 Å². The van der Waals surface area contributed by atoms with Crippen LogP contribution in [-0.4, -0.2) is 47.0 Å². The average molecular weight is 378 g/mol. The maximum atomic E-state index is 10.5. The van der Waals surface area contributed by atoms with Gasteiger partial charge in [-0.2, -0.15) is 10.1 Å². The Morgan fingerprint density at radius 3 is 2.79 bits per heavy atom. The monoisotopic (exact) mass is 378 g/mol. The highest BCUT2D eigenvalue weighted by atomic mass is 16.4. The third kappa shape index (κ3) is 3.90. The lowest BCUT2D eigenvalue weighted by Crippen LogP contribution is -2.22. The van der Waals surface area contributed by atoms with Crippen molar-refractivity contribution in [3.05, 3.63) is 55.4 Å². The van der Waals surface area contributed by atoms with E-state index in [4.69, 9.17) is 5.11 Å². The SMILES string of the molecule is O=C(O)NCCCn1ccc2cnc(Nc3ccc(-n4cncn4)cc3)nc21. The number of aryl methyl sites for hydroxylation is 1. The second-order valence-electron chi connectivity index (χ2n) is 6.08. The fraction of sp³-hybridized carbons (Fsp3) is 0.167. The summed E-state index contributed by atoms with van der Waals surface area (Å²) in [6.07, 6.45) is 6.48. The molecule has 0 spiro atoms. The van der Waals surface area contributed by atoms with E-state index in [2.05, 4.69) is 30.7 Å². The Hall–Kier alpha value is -3.95. The molecule has 3 heterocycles. The van der Waals surface area contributed by atoms with Crippen molar-refractivity contribution in [3.63, 3.8) is 0 Å². The molecule has 28 heavy (non-hydrogen) atoms. The van der Waals surface area contributed by atoms with Gasteiger partial charge >= 0.3 is 6.09 Å². The highest BCUT2D eigenvalue weighted by Gasteiger charge is 2.06. The molecule has 4 rings (SSSR count). The van der Waals surface area contributed by atoms with Crippen LogP contribution in [0.2, 0.25) is 0 Å². The fourth-order valence-electron chi connectivity index (χ4n) is 2.82. The van der Waals surface area contributed by atoms with E-state index in [1.54, 1.807) is 17.2 Å². The molecule has 1 amide bonds. The van der Waals surface area contributed by atoms with Crippen LogP contribution in [0.1, 0.15) is 6.42 Å². The number of carbonyl (C=O) groups is 1. The van der Waals surface area contributed by atoms with Crippen molar-refractivity contribution in [2.45, 2.75) is 13.0 Å². The van der Waals surface area contributed by atoms with Crippen LogP contribution in [0.15, 0.2) is 55.4 Å². The van der Waals surface area contributed by atoms with Crippen LogP contribution in [0.5, 0.6) is 0 Å². The van der Waals surface area contributed by atoms with Crippen molar-refractivity contribution >= 4 is 28.8 Å². The Bertz CT molecular complexity index is 1070. The van der Waals surface area contributed by atoms with Crippen LogP contribution in [0.25, 0.3) is 16.7 Å². The third-order valence-corrected chi connectivity index (χ3v) is 4.16. The highest BCUT2D eigenvalue weighted by molar-refractivity contribution is 5.76. The summed E-state index contributed by atoms with van der Waals surface area (Å²) >= 11 is 0. The molecule has 0 radical (unpaired) electrons. The van der Waals surface area contributed by atoms with Gasteiger partial charge in [0.15, 0.2) is 0 Å². The van der Waals surface area contributed by atoms with Gasteiger partial charge in [0.05, 0.1) is 5.69 Å². The van der Waals surface area contributed by atoms with E-state index in [1.807, 2.05) is 41.1 Å². The zero-order valence-corrected chi connectivity index (χ0v) is 14.9. The number of rotatable bonds is 7. The molecule has 0 saturated carbocycles. The molecular weight excluding hydrogens is 360 g/mol. The predicted octanol–water partition coefficient (Wildman–Crippen LogP) is 2.41. The standard InChI is InChI=1S/C18H18N8O2/c27-18(28)20-7-1-8-25-9-6-13-10-21-17(24-16(13)25)23-14-2-4-15(5-3-14)26-12-19-11-22-26/h2-6,9-12,20H,1,7-8H2,(H,27,28)(H,21,23,24). The van der Waals surface area contributed by atoms with Crippen molar-refractivity contribution < 1.29 is 9.90 Å². The van der Waals surface area contributed by atoms with E-state index < -0.39 is 6.09 Å². The van der Waals surface area contributed by atoms with Gasteiger partial charge in [0.25, 0.3) is 0 Å². The molecule has 0 fully saturated rings. The van der Waals surface area contributed by atoms with Crippen LogP contribution in [0, 0.1) is 0 Å². The Kier molecular flexibility index (Phi) is 4.83. The first-order chi connectivity index (χ1) is 13.7. The Morgan fingerprint density at radius 2 is 2.04 bits per heavy atom. The summed E-state index contributed by atoms with van der Waals surface area (Å²) in [7, 11) is 0. The molecule has 3 N–H and O–H groups in total. The van der Waals surface area contributed by atoms with E-state index >= 15 is 0 Å². The van der Waals surface area contributed by atoms with Gasteiger partial charge in [-0.3, -0.25) is 0 Å². The summed E-state index contributed by atoms with van der Waals surface area (Å²) in [6, 6.07) is 9.63. The number of nitrogens with one attached hydrogen (secondary N) is 2. The molecule has 10 heteroatoms. The van der Waals surface area contributed by atoms with Crippen molar-refractivity contribution in [3.8, 4) is 5.69 Å². The quantitative estimate of drug-likeness (QED) is 0.422. The maximum Gasteiger partial charge on any atom is 0.404 e. The molecule has 1 aromatic carbocycles. The van der Waals surface area contributed by atoms with Crippen molar-refractivity contribution in [1.82, 2.24) is 34.6 Å². The normalized spacial score (nSPS) is 10.9. The van der Waals surface area contributed by atoms with Crippen molar-refractivity contribution in [2.24, 2.45) is 0 Å². The second kappa shape index (κ2) is 7.74. The Morgan fingerprint density at radius 1 is 1.18 bits per heavy atom. The molecule has 3 aromatic heterocycles. The number of anilines is 2. The fourth-order valence-corrected chi connectivity index (χ4v) is 2.82. The number of hydrogen-bond acceptors (Lipinski definition) is 6. The van der Waals surface area contributed by atoms with Gasteiger partial charge in [0.1, 0.15) is 18.3 Å². The maximum absolute atomic E-state index is 10.5. The minimum Gasteiger partial charge on any atom is -0.465 e. The third-order valence-electron chi connectivity index (χ3n) is 4.16. The largest absolute Gasteiger partial charge is 0.465 e. The molecule has 0 atom stereocenters. The zero-order chi connectivity index (χ0) is 19.3. The van der Waals surface area contributed by atoms with E-state index in [0.717, 1.165) is 22.4 Å². The molecule has 142 valence electrons. The Balaban J connectivity index is 1.46. The predicted molar refractivity (Wildman–Crippen MR) is 103 cm³/mol. The Labute approximate surface area is 159 Å². The molecular formula is C18H18N8O2. The van der Waals surface area contributed by atoms with Gasteiger partial charge in [0, 0.05) is 36.6 Å². The first kappa shape index (κ1) is 17.5. The van der Waals surface area contributed by atoms with Crippen LogP contribution in [0.3, 0.4) is 0 Å². The second-order valence-corrected chi connectivity index (χ2v) is 6.08. The van der Waals surface area contributed by atoms with E-state index in [1.165, 1.54) is 6.33 Å². The van der Waals surface area contributed by atoms with Gasteiger partial charge in [-0.25, -0.2) is 19.4 Å². The van der Waals surface area contributed by atoms with E-state index in [9.17, 15) is 4.79 Å². The van der Waals surface area contributed by atoms with Gasteiger partial charge in [-0.1, -0.05) is 0 Å². The van der Waals surface area contributed by atoms with Gasteiger partial charge in [-0.05, 0) is 36.8 Å². The van der Waals surface area contributed by atoms with Gasteiger partial charge in [-0.15, -0.1) is 0 Å². The zero-order valence-electron chi connectivity index (χ0n) is 14.9. The van der Waals surface area contributed by atoms with Crippen LogP contribution in [0.4, 0.5) is 16.4 Å². The molecule has 0 aliphatic heterocycles. The van der Waals surface area contributed by atoms with Crippen molar-refractivity contribution in [1.29, 1.82) is 0 Å². The molecule has 10 nitrogen and oxygen atoms in total. The minimum absolute atomic E-state index is 0.392. The summed E-state index contributed by atoms with van der Waals surface area (Å²) in [5.41, 5.74) is 2.56. The van der Waals surface area contributed by atoms with Crippen LogP contribution in [-0.2, 0) is 6.54 Å². The number of amides is 1. The molecule has 4 aromatic rings. The number of nitrogens with zero attached hydrogens (tertiary/aromatic N) is 6. The molecule has 0 saturated heterocycles. The topological polar surface area (TPSA) is 123 Å². The first-order valence-corrected chi connectivity index (χ1v) is 8.70. The molecule has 0 bridgehead atoms. The summed E-state index contributed by atoms with van der Waals surface area (Å²) in [6.45, 7) is 1.05. The molecule has 0 aliphatic carbocycles. The van der Waals surface area contributed by atoms with E-state index in [0.29, 0.717) is 25.5 Å². The molecule has 0 aliphatic rings. The number of hydrogen-bond donors (Lipinski definition) is 3. The summed E-state index contributed by atoms with van der Waals surface area (Å²) in [4.78, 5) is 23.4. The number of carboxylic acid groups (broad SMARTS) is 1. The smallest absolute Gasteiger partial charge is 0.404 e. The lowest BCUT2D eigenvalue weighted by molar-refractivity contribution is 0.194. The summed E-state index contributed by atoms with van der Waals surface area (Å²) in [5, 5.41) is 19.2. The van der Waals surface area contributed by atoms with Gasteiger partial charge < -0.3 is 20.3 Å². The summed E-state index contributed by atoms with van der Waals surface area (Å²) in [5.74, 6) is 0.490. The van der Waals surface area contributed by atoms with E-state index in [-0.39, 0.29) is 0 Å².